The summed E-state index contributed by atoms with van der Waals surface area (Å²) in [4.78, 5) is 10.9. The number of aliphatic hydroxyl groups is 1. The molecular formula is C14H21N3O3. The Labute approximate surface area is 118 Å². The largest absolute Gasteiger partial charge is 0.388 e. The Hall–Kier alpha value is -1.82. The van der Waals surface area contributed by atoms with Crippen molar-refractivity contribution in [2.24, 2.45) is 0 Å². The molecule has 0 spiro atoms. The lowest BCUT2D eigenvalue weighted by Crippen LogP contribution is -2.43. The molecule has 0 radical (unpaired) electrons. The van der Waals surface area contributed by atoms with Crippen molar-refractivity contribution in [1.82, 2.24) is 0 Å². The van der Waals surface area contributed by atoms with Gasteiger partial charge in [0.1, 0.15) is 11.4 Å². The van der Waals surface area contributed by atoms with Gasteiger partial charge in [0.15, 0.2) is 0 Å². The minimum absolute atomic E-state index is 0.0453. The van der Waals surface area contributed by atoms with Crippen LogP contribution in [0.3, 0.4) is 0 Å². The molecule has 0 aliphatic heterocycles. The van der Waals surface area contributed by atoms with E-state index in [2.05, 4.69) is 10.6 Å². The van der Waals surface area contributed by atoms with E-state index in [1.807, 2.05) is 6.92 Å². The second-order valence-electron chi connectivity index (χ2n) is 5.32. The molecule has 1 saturated carbocycles. The number of hydrogen-bond donors (Lipinski definition) is 3. The molecule has 1 aliphatic rings. The summed E-state index contributed by atoms with van der Waals surface area (Å²) in [6.45, 7) is 3.05. The Bertz CT molecular complexity index is 487. The van der Waals surface area contributed by atoms with Gasteiger partial charge in [-0.2, -0.15) is 0 Å². The molecule has 0 aromatic heterocycles. The number of hydrogen-bond acceptors (Lipinski definition) is 5. The topological polar surface area (TPSA) is 87.4 Å². The SMILES string of the molecule is CCCNc1cccc(NCC2(O)CCC2)c1[N+](=O)[O-]. The van der Waals surface area contributed by atoms with Gasteiger partial charge >= 0.3 is 5.69 Å². The summed E-state index contributed by atoms with van der Waals surface area (Å²) in [5, 5.41) is 27.4. The first-order valence-electron chi connectivity index (χ1n) is 7.03. The van der Waals surface area contributed by atoms with Crippen LogP contribution in [0.1, 0.15) is 32.6 Å². The lowest BCUT2D eigenvalue weighted by Gasteiger charge is -2.36. The molecule has 20 heavy (non-hydrogen) atoms. The van der Waals surface area contributed by atoms with Crippen molar-refractivity contribution in [2.75, 3.05) is 23.7 Å². The number of nitro groups is 1. The van der Waals surface area contributed by atoms with Crippen LogP contribution in [0.15, 0.2) is 18.2 Å². The standard InChI is InChI=1S/C14H21N3O3/c1-2-9-15-11-5-3-6-12(13(11)17(19)20)16-10-14(18)7-4-8-14/h3,5-6,15-16,18H,2,4,7-10H2,1H3. The summed E-state index contributed by atoms with van der Waals surface area (Å²) in [6, 6.07) is 5.16. The quantitative estimate of drug-likeness (QED) is 0.527. The Balaban J connectivity index is 2.15. The zero-order valence-corrected chi connectivity index (χ0v) is 11.7. The van der Waals surface area contributed by atoms with Gasteiger partial charge in [0.2, 0.25) is 0 Å². The summed E-state index contributed by atoms with van der Waals surface area (Å²) in [5.74, 6) is 0. The van der Waals surface area contributed by atoms with Crippen LogP contribution in [-0.2, 0) is 0 Å². The minimum atomic E-state index is -0.708. The number of nitro benzene ring substituents is 1. The van der Waals surface area contributed by atoms with Crippen molar-refractivity contribution < 1.29 is 10.0 Å². The number of rotatable bonds is 7. The van der Waals surface area contributed by atoms with Crippen LogP contribution in [-0.4, -0.2) is 28.7 Å². The molecule has 110 valence electrons. The van der Waals surface area contributed by atoms with Crippen molar-refractivity contribution in [3.05, 3.63) is 28.3 Å². The third-order valence-corrected chi connectivity index (χ3v) is 3.68. The van der Waals surface area contributed by atoms with Gasteiger partial charge in [-0.3, -0.25) is 10.1 Å². The van der Waals surface area contributed by atoms with Gasteiger partial charge in [-0.05, 0) is 37.8 Å². The van der Waals surface area contributed by atoms with E-state index < -0.39 is 5.60 Å². The molecule has 0 amide bonds. The predicted molar refractivity (Wildman–Crippen MR) is 79.2 cm³/mol. The zero-order valence-electron chi connectivity index (χ0n) is 11.7. The van der Waals surface area contributed by atoms with E-state index in [0.717, 1.165) is 25.7 Å². The molecule has 1 aliphatic carbocycles. The van der Waals surface area contributed by atoms with Crippen molar-refractivity contribution in [2.45, 2.75) is 38.2 Å². The summed E-state index contributed by atoms with van der Waals surface area (Å²) in [5.41, 5.74) is 0.309. The monoisotopic (exact) mass is 279 g/mol. The maximum absolute atomic E-state index is 11.3. The predicted octanol–water partition coefficient (Wildman–Crippen LogP) is 2.74. The van der Waals surface area contributed by atoms with Gasteiger partial charge in [0.25, 0.3) is 0 Å². The first-order valence-corrected chi connectivity index (χ1v) is 7.03. The average Bonchev–Trinajstić information content (AvgIpc) is 2.40. The Morgan fingerprint density at radius 1 is 1.35 bits per heavy atom. The molecule has 6 nitrogen and oxygen atoms in total. The molecule has 3 N–H and O–H groups in total. The second-order valence-corrected chi connectivity index (χ2v) is 5.32. The van der Waals surface area contributed by atoms with E-state index in [-0.39, 0.29) is 10.6 Å². The van der Waals surface area contributed by atoms with Gasteiger partial charge in [-0.25, -0.2) is 0 Å². The van der Waals surface area contributed by atoms with E-state index in [1.54, 1.807) is 18.2 Å². The average molecular weight is 279 g/mol. The third kappa shape index (κ3) is 3.19. The lowest BCUT2D eigenvalue weighted by molar-refractivity contribution is -0.383. The van der Waals surface area contributed by atoms with Gasteiger partial charge in [-0.1, -0.05) is 13.0 Å². The van der Waals surface area contributed by atoms with Gasteiger partial charge in [0.05, 0.1) is 10.5 Å². The smallest absolute Gasteiger partial charge is 0.315 e. The van der Waals surface area contributed by atoms with Gasteiger partial charge in [-0.15, -0.1) is 0 Å². The molecule has 0 unspecified atom stereocenters. The molecule has 0 saturated heterocycles. The Kier molecular flexibility index (Phi) is 4.44. The van der Waals surface area contributed by atoms with E-state index in [4.69, 9.17) is 0 Å². The van der Waals surface area contributed by atoms with E-state index in [9.17, 15) is 15.2 Å². The number of para-hydroxylation sites is 1. The van der Waals surface area contributed by atoms with Crippen LogP contribution < -0.4 is 10.6 Å². The van der Waals surface area contributed by atoms with Crippen molar-refractivity contribution in [1.29, 1.82) is 0 Å². The van der Waals surface area contributed by atoms with Crippen LogP contribution in [0.25, 0.3) is 0 Å². The van der Waals surface area contributed by atoms with Gasteiger partial charge < -0.3 is 15.7 Å². The second kappa shape index (κ2) is 6.09. The van der Waals surface area contributed by atoms with Crippen molar-refractivity contribution in [3.63, 3.8) is 0 Å². The van der Waals surface area contributed by atoms with Crippen LogP contribution in [0.2, 0.25) is 0 Å². The molecule has 2 rings (SSSR count). The van der Waals surface area contributed by atoms with Crippen LogP contribution in [0, 0.1) is 10.1 Å². The fourth-order valence-corrected chi connectivity index (χ4v) is 2.31. The highest BCUT2D eigenvalue weighted by molar-refractivity contribution is 5.76. The lowest BCUT2D eigenvalue weighted by atomic mass is 9.80. The molecule has 6 heteroatoms. The number of nitrogens with one attached hydrogen (secondary N) is 2. The molecule has 1 aromatic rings. The molecular weight excluding hydrogens is 258 g/mol. The molecule has 0 heterocycles. The van der Waals surface area contributed by atoms with Crippen molar-refractivity contribution >= 4 is 17.1 Å². The van der Waals surface area contributed by atoms with Crippen LogP contribution in [0.5, 0.6) is 0 Å². The fourth-order valence-electron chi connectivity index (χ4n) is 2.31. The summed E-state index contributed by atoms with van der Waals surface area (Å²) < 4.78 is 0. The summed E-state index contributed by atoms with van der Waals surface area (Å²) >= 11 is 0. The van der Waals surface area contributed by atoms with Gasteiger partial charge in [0, 0.05) is 13.1 Å². The third-order valence-electron chi connectivity index (χ3n) is 3.68. The highest BCUT2D eigenvalue weighted by Gasteiger charge is 2.34. The minimum Gasteiger partial charge on any atom is -0.388 e. The van der Waals surface area contributed by atoms with E-state index in [1.165, 1.54) is 0 Å². The molecule has 1 aromatic carbocycles. The zero-order chi connectivity index (χ0) is 14.6. The fraction of sp³-hybridized carbons (Fsp3) is 0.571. The first-order chi connectivity index (χ1) is 9.56. The highest BCUT2D eigenvalue weighted by atomic mass is 16.6. The highest BCUT2D eigenvalue weighted by Crippen LogP contribution is 2.35. The summed E-state index contributed by atoms with van der Waals surface area (Å²) in [6.07, 6.45) is 3.41. The Morgan fingerprint density at radius 3 is 2.50 bits per heavy atom. The molecule has 0 bridgehead atoms. The van der Waals surface area contributed by atoms with Crippen LogP contribution in [0.4, 0.5) is 17.1 Å². The molecule has 0 atom stereocenters. The Morgan fingerprint density at radius 2 is 2.00 bits per heavy atom. The number of nitrogens with zero attached hydrogens (tertiary/aromatic N) is 1. The maximum Gasteiger partial charge on any atom is 0.315 e. The van der Waals surface area contributed by atoms with E-state index >= 15 is 0 Å². The number of benzene rings is 1. The molecule has 1 fully saturated rings. The van der Waals surface area contributed by atoms with Crippen molar-refractivity contribution in [3.8, 4) is 0 Å². The normalized spacial score (nSPS) is 16.3. The van der Waals surface area contributed by atoms with E-state index in [0.29, 0.717) is 24.5 Å². The van der Waals surface area contributed by atoms with Crippen LogP contribution >= 0.6 is 0 Å². The maximum atomic E-state index is 11.3. The number of anilines is 2. The first kappa shape index (κ1) is 14.6. The summed E-state index contributed by atoms with van der Waals surface area (Å²) in [7, 11) is 0.